The molecule has 0 unspecified atom stereocenters. The maximum Gasteiger partial charge on any atom is 0.00719 e. The van der Waals surface area contributed by atoms with Crippen molar-refractivity contribution in [1.82, 2.24) is 0 Å². The van der Waals surface area contributed by atoms with E-state index in [4.69, 9.17) is 0 Å². The van der Waals surface area contributed by atoms with Crippen LogP contribution in [0.5, 0.6) is 0 Å². The summed E-state index contributed by atoms with van der Waals surface area (Å²) in [5.74, 6) is 2.90. The predicted octanol–water partition coefficient (Wildman–Crippen LogP) is 6.58. The molecule has 0 heterocycles. The molecule has 0 aromatic heterocycles. The molecular formula is C21H30S. The quantitative estimate of drug-likeness (QED) is 0.437. The van der Waals surface area contributed by atoms with Crippen LogP contribution in [0.1, 0.15) is 53.4 Å². The maximum absolute atomic E-state index is 2.67. The van der Waals surface area contributed by atoms with Gasteiger partial charge in [-0.3, -0.25) is 0 Å². The van der Waals surface area contributed by atoms with Crippen molar-refractivity contribution in [3.63, 3.8) is 0 Å². The molecule has 0 N–H and O–H groups in total. The lowest BCUT2D eigenvalue weighted by atomic mass is 9.79. The van der Waals surface area contributed by atoms with Crippen LogP contribution < -0.4 is 0 Å². The summed E-state index contributed by atoms with van der Waals surface area (Å²) in [6.07, 6.45) is 8.10. The summed E-state index contributed by atoms with van der Waals surface area (Å²) < 4.78 is 0. The molecule has 2 aliphatic rings. The van der Waals surface area contributed by atoms with Crippen molar-refractivity contribution in [2.24, 2.45) is 22.7 Å². The normalized spacial score (nSPS) is 30.9. The van der Waals surface area contributed by atoms with E-state index >= 15 is 0 Å². The SMILES string of the molecule is C[C@@H](CCSc1ccccc1)C1=C[C@]2(C)C[C@H]2CC(C)(C)C1. The fraction of sp³-hybridized carbons (Fsp3) is 0.619. The minimum atomic E-state index is 0.492. The first-order chi connectivity index (χ1) is 10.4. The van der Waals surface area contributed by atoms with Crippen molar-refractivity contribution in [2.75, 3.05) is 5.75 Å². The second-order valence-electron chi connectivity index (χ2n) is 8.52. The Labute approximate surface area is 140 Å². The molecule has 0 aliphatic heterocycles. The van der Waals surface area contributed by atoms with Crippen molar-refractivity contribution >= 4 is 11.8 Å². The second-order valence-corrected chi connectivity index (χ2v) is 9.69. The maximum atomic E-state index is 2.67. The number of hydrogen-bond acceptors (Lipinski definition) is 1. The van der Waals surface area contributed by atoms with Crippen LogP contribution in [0.2, 0.25) is 0 Å². The summed E-state index contributed by atoms with van der Waals surface area (Å²) in [6, 6.07) is 10.8. The van der Waals surface area contributed by atoms with Gasteiger partial charge < -0.3 is 0 Å². The van der Waals surface area contributed by atoms with E-state index < -0.39 is 0 Å². The number of thioether (sulfide) groups is 1. The number of fused-ring (bicyclic) bond motifs is 1. The monoisotopic (exact) mass is 314 g/mol. The molecule has 1 aromatic rings. The van der Waals surface area contributed by atoms with Gasteiger partial charge in [0, 0.05) is 4.90 Å². The van der Waals surface area contributed by atoms with Crippen LogP contribution in [-0.2, 0) is 0 Å². The largest absolute Gasteiger partial charge is 0.126 e. The van der Waals surface area contributed by atoms with Gasteiger partial charge in [-0.1, -0.05) is 57.5 Å². The lowest BCUT2D eigenvalue weighted by molar-refractivity contribution is 0.300. The summed E-state index contributed by atoms with van der Waals surface area (Å²) >= 11 is 2.00. The predicted molar refractivity (Wildman–Crippen MR) is 98.3 cm³/mol. The topological polar surface area (TPSA) is 0 Å². The minimum absolute atomic E-state index is 0.492. The molecule has 0 spiro atoms. The highest BCUT2D eigenvalue weighted by Crippen LogP contribution is 2.62. The van der Waals surface area contributed by atoms with Crippen molar-refractivity contribution in [2.45, 2.75) is 58.3 Å². The van der Waals surface area contributed by atoms with Gasteiger partial charge in [0.1, 0.15) is 0 Å². The van der Waals surface area contributed by atoms with Crippen molar-refractivity contribution in [3.05, 3.63) is 42.0 Å². The third-order valence-electron chi connectivity index (χ3n) is 5.65. The molecule has 3 atom stereocenters. The van der Waals surface area contributed by atoms with Crippen LogP contribution in [0.3, 0.4) is 0 Å². The van der Waals surface area contributed by atoms with Gasteiger partial charge in [0.25, 0.3) is 0 Å². The smallest absolute Gasteiger partial charge is 0.00719 e. The average molecular weight is 315 g/mol. The van der Waals surface area contributed by atoms with Gasteiger partial charge in [0.05, 0.1) is 0 Å². The number of allylic oxidation sites excluding steroid dienone is 2. The summed E-state index contributed by atoms with van der Waals surface area (Å²) in [5, 5.41) is 0. The molecule has 22 heavy (non-hydrogen) atoms. The van der Waals surface area contributed by atoms with Gasteiger partial charge >= 0.3 is 0 Å². The molecule has 0 radical (unpaired) electrons. The van der Waals surface area contributed by atoms with E-state index in [0.29, 0.717) is 10.8 Å². The lowest BCUT2D eigenvalue weighted by Gasteiger charge is -2.27. The van der Waals surface area contributed by atoms with E-state index in [1.54, 1.807) is 5.57 Å². The fourth-order valence-electron chi connectivity index (χ4n) is 4.09. The van der Waals surface area contributed by atoms with E-state index in [1.165, 1.54) is 36.3 Å². The Bertz CT molecular complexity index is 542. The highest BCUT2D eigenvalue weighted by Gasteiger charge is 2.52. The highest BCUT2D eigenvalue weighted by atomic mass is 32.2. The van der Waals surface area contributed by atoms with E-state index in [2.05, 4.69) is 64.1 Å². The molecule has 0 saturated heterocycles. The molecule has 1 fully saturated rings. The van der Waals surface area contributed by atoms with Crippen LogP contribution in [0, 0.1) is 22.7 Å². The Morgan fingerprint density at radius 3 is 2.59 bits per heavy atom. The van der Waals surface area contributed by atoms with E-state index in [-0.39, 0.29) is 0 Å². The Hall–Kier alpha value is -0.690. The standard InChI is InChI=1S/C21H30S/c1-16(10-11-22-19-8-6-5-7-9-19)17-12-20(2,3)14-18-15-21(18,4)13-17/h5-9,13,16,18H,10-12,14-15H2,1-4H3/t16-,18+,21+/m0/s1. The van der Waals surface area contributed by atoms with Gasteiger partial charge in [0.2, 0.25) is 0 Å². The second kappa shape index (κ2) is 6.07. The first-order valence-corrected chi connectivity index (χ1v) is 9.76. The summed E-state index contributed by atoms with van der Waals surface area (Å²) in [7, 11) is 0. The van der Waals surface area contributed by atoms with Gasteiger partial charge in [-0.25, -0.2) is 0 Å². The van der Waals surface area contributed by atoms with Gasteiger partial charge in [-0.15, -0.1) is 11.8 Å². The molecule has 1 saturated carbocycles. The number of hydrogen-bond donors (Lipinski definition) is 0. The first kappa shape index (κ1) is 16.2. The molecule has 0 bridgehead atoms. The molecule has 1 aromatic carbocycles. The molecule has 3 rings (SSSR count). The third-order valence-corrected chi connectivity index (χ3v) is 6.70. The third kappa shape index (κ3) is 3.79. The molecular weight excluding hydrogens is 284 g/mol. The van der Waals surface area contributed by atoms with Crippen LogP contribution in [0.15, 0.2) is 46.9 Å². The minimum Gasteiger partial charge on any atom is -0.126 e. The fourth-order valence-corrected chi connectivity index (χ4v) is 5.15. The van der Waals surface area contributed by atoms with Crippen LogP contribution in [0.4, 0.5) is 0 Å². The molecule has 2 aliphatic carbocycles. The Morgan fingerprint density at radius 1 is 1.14 bits per heavy atom. The van der Waals surface area contributed by atoms with Crippen LogP contribution in [-0.4, -0.2) is 5.75 Å². The summed E-state index contributed by atoms with van der Waals surface area (Å²) in [6.45, 7) is 9.86. The Kier molecular flexibility index (Phi) is 4.47. The zero-order valence-electron chi connectivity index (χ0n) is 14.6. The van der Waals surface area contributed by atoms with Crippen LogP contribution in [0.25, 0.3) is 0 Å². The Balaban J connectivity index is 1.59. The number of benzene rings is 1. The van der Waals surface area contributed by atoms with Gasteiger partial charge in [-0.2, -0.15) is 0 Å². The highest BCUT2D eigenvalue weighted by molar-refractivity contribution is 7.99. The van der Waals surface area contributed by atoms with Gasteiger partial charge in [0.15, 0.2) is 0 Å². The number of rotatable bonds is 5. The van der Waals surface area contributed by atoms with Crippen molar-refractivity contribution < 1.29 is 0 Å². The van der Waals surface area contributed by atoms with Crippen molar-refractivity contribution in [3.8, 4) is 0 Å². The molecule has 1 heteroatoms. The Morgan fingerprint density at radius 2 is 1.86 bits per heavy atom. The van der Waals surface area contributed by atoms with Crippen molar-refractivity contribution in [1.29, 1.82) is 0 Å². The summed E-state index contributed by atoms with van der Waals surface area (Å²) in [5.41, 5.74) is 2.76. The van der Waals surface area contributed by atoms with E-state index in [9.17, 15) is 0 Å². The van der Waals surface area contributed by atoms with E-state index in [0.717, 1.165) is 11.8 Å². The molecule has 0 nitrogen and oxygen atoms in total. The average Bonchev–Trinajstić information content (AvgIpc) is 3.08. The van der Waals surface area contributed by atoms with Crippen LogP contribution >= 0.6 is 11.8 Å². The lowest BCUT2D eigenvalue weighted by Crippen LogP contribution is -2.15. The summed E-state index contributed by atoms with van der Waals surface area (Å²) in [4.78, 5) is 1.40. The molecule has 120 valence electrons. The van der Waals surface area contributed by atoms with Gasteiger partial charge in [-0.05, 0) is 66.2 Å². The zero-order chi connectivity index (χ0) is 15.8. The molecule has 0 amide bonds. The van der Waals surface area contributed by atoms with E-state index in [1.807, 2.05) is 11.8 Å². The zero-order valence-corrected chi connectivity index (χ0v) is 15.4. The first-order valence-electron chi connectivity index (χ1n) is 8.77.